The van der Waals surface area contributed by atoms with E-state index in [1.54, 1.807) is 0 Å². The molecule has 2 aromatic carbocycles. The third kappa shape index (κ3) is 5.81. The Bertz CT molecular complexity index is 1150. The number of benzene rings is 2. The van der Waals surface area contributed by atoms with Gasteiger partial charge in [0.1, 0.15) is 18.8 Å². The summed E-state index contributed by atoms with van der Waals surface area (Å²) in [6.07, 6.45) is -6.79. The first kappa shape index (κ1) is 26.3. The lowest BCUT2D eigenvalue weighted by molar-refractivity contribution is -0.314. The zero-order valence-corrected chi connectivity index (χ0v) is 20.9. The minimum atomic E-state index is -1.29. The number of rotatable bonds is 7. The van der Waals surface area contributed by atoms with Gasteiger partial charge in [-0.25, -0.2) is 0 Å². The Morgan fingerprint density at radius 2 is 1.16 bits per heavy atom. The minimum absolute atomic E-state index is 0.324. The van der Waals surface area contributed by atoms with Gasteiger partial charge in [-0.05, 0) is 22.3 Å². The molecule has 0 saturated carbocycles. The van der Waals surface area contributed by atoms with Crippen LogP contribution in [0.3, 0.4) is 0 Å². The fraction of sp³-hybridized carbons (Fsp3) is 0.407. The summed E-state index contributed by atoms with van der Waals surface area (Å²) < 4.78 is 34.1. The van der Waals surface area contributed by atoms with Crippen molar-refractivity contribution in [2.24, 2.45) is 0 Å². The molecule has 0 amide bonds. The number of hydrogen-bond donors (Lipinski definition) is 0. The average Bonchev–Trinajstić information content (AvgIpc) is 3.14. The molecule has 0 bridgehead atoms. The van der Waals surface area contributed by atoms with Crippen LogP contribution in [0.5, 0.6) is 0 Å². The molecular weight excluding hydrogens is 484 g/mol. The molecule has 1 aliphatic carbocycles. The lowest BCUT2D eigenvalue weighted by Crippen LogP contribution is -2.63. The highest BCUT2D eigenvalue weighted by Crippen LogP contribution is 2.46. The molecule has 4 rings (SSSR count). The lowest BCUT2D eigenvalue weighted by Gasteiger charge is -2.44. The summed E-state index contributed by atoms with van der Waals surface area (Å²) in [6.45, 7) is 4.42. The molecule has 37 heavy (non-hydrogen) atoms. The summed E-state index contributed by atoms with van der Waals surface area (Å²) in [5.41, 5.74) is 3.70. The zero-order chi connectivity index (χ0) is 26.7. The van der Waals surface area contributed by atoms with Crippen LogP contribution in [0.15, 0.2) is 48.5 Å². The molecule has 0 N–H and O–H groups in total. The topological polar surface area (TPSA) is 124 Å². The van der Waals surface area contributed by atoms with E-state index in [1.807, 2.05) is 48.5 Å². The van der Waals surface area contributed by atoms with Crippen LogP contribution >= 0.6 is 0 Å². The Hall–Kier alpha value is -3.76. The van der Waals surface area contributed by atoms with Crippen LogP contribution < -0.4 is 0 Å². The van der Waals surface area contributed by atoms with E-state index in [0.717, 1.165) is 22.3 Å². The van der Waals surface area contributed by atoms with Crippen LogP contribution in [0.25, 0.3) is 11.1 Å². The van der Waals surface area contributed by atoms with Crippen molar-refractivity contribution in [3.05, 3.63) is 59.7 Å². The van der Waals surface area contributed by atoms with Gasteiger partial charge in [-0.3, -0.25) is 19.2 Å². The van der Waals surface area contributed by atoms with E-state index >= 15 is 0 Å². The van der Waals surface area contributed by atoms with E-state index in [1.165, 1.54) is 27.7 Å². The Morgan fingerprint density at radius 1 is 0.676 bits per heavy atom. The maximum absolute atomic E-state index is 12.1. The number of ether oxygens (including phenoxy) is 6. The number of carbonyl (C=O) groups excluding carboxylic acids is 4. The van der Waals surface area contributed by atoms with Gasteiger partial charge in [0.2, 0.25) is 0 Å². The number of esters is 4. The SMILES string of the molecule is CC(=O)OCC1OC(OC2c3ccccc3-c3ccccc32)C(OC(C)=O)C(OC(C)=O)C1OC(C)=O. The van der Waals surface area contributed by atoms with Crippen LogP contribution in [-0.4, -0.2) is 61.2 Å². The molecule has 1 heterocycles. The van der Waals surface area contributed by atoms with Crippen LogP contribution in [0.4, 0.5) is 0 Å². The molecule has 2 aromatic rings. The number of hydrogen-bond acceptors (Lipinski definition) is 10. The van der Waals surface area contributed by atoms with E-state index in [0.29, 0.717) is 0 Å². The predicted octanol–water partition coefficient (Wildman–Crippen LogP) is 2.86. The van der Waals surface area contributed by atoms with E-state index in [2.05, 4.69) is 0 Å². The van der Waals surface area contributed by atoms with E-state index in [4.69, 9.17) is 28.4 Å². The monoisotopic (exact) mass is 512 g/mol. The summed E-state index contributed by atoms with van der Waals surface area (Å²) in [5, 5.41) is 0. The summed E-state index contributed by atoms with van der Waals surface area (Å²) in [4.78, 5) is 47.6. The summed E-state index contributed by atoms with van der Waals surface area (Å²) in [6, 6.07) is 15.4. The second-order valence-corrected chi connectivity index (χ2v) is 8.76. The summed E-state index contributed by atoms with van der Waals surface area (Å²) in [7, 11) is 0. The van der Waals surface area contributed by atoms with Gasteiger partial charge in [-0.1, -0.05) is 48.5 Å². The second-order valence-electron chi connectivity index (χ2n) is 8.76. The van der Waals surface area contributed by atoms with Gasteiger partial charge in [-0.2, -0.15) is 0 Å². The van der Waals surface area contributed by atoms with Crippen LogP contribution in [0, 0.1) is 0 Å². The average molecular weight is 513 g/mol. The Kier molecular flexibility index (Phi) is 7.89. The van der Waals surface area contributed by atoms with Gasteiger partial charge in [0.15, 0.2) is 24.6 Å². The molecule has 1 saturated heterocycles. The zero-order valence-electron chi connectivity index (χ0n) is 20.9. The molecule has 0 spiro atoms. The molecule has 1 aliphatic heterocycles. The molecule has 196 valence electrons. The lowest BCUT2D eigenvalue weighted by atomic mass is 9.97. The van der Waals surface area contributed by atoms with Crippen molar-refractivity contribution >= 4 is 23.9 Å². The van der Waals surface area contributed by atoms with Crippen LogP contribution in [0.1, 0.15) is 44.9 Å². The fourth-order valence-corrected chi connectivity index (χ4v) is 4.69. The smallest absolute Gasteiger partial charge is 0.303 e. The third-order valence-corrected chi connectivity index (χ3v) is 6.00. The first-order valence-electron chi connectivity index (χ1n) is 11.8. The first-order valence-corrected chi connectivity index (χ1v) is 11.8. The Labute approximate surface area is 213 Å². The van der Waals surface area contributed by atoms with Gasteiger partial charge in [0.05, 0.1) is 0 Å². The molecule has 2 aliphatic rings. The molecule has 0 aromatic heterocycles. The summed E-state index contributed by atoms with van der Waals surface area (Å²) in [5.74, 6) is -2.68. The second kappa shape index (κ2) is 11.1. The molecule has 10 heteroatoms. The normalized spacial score (nSPS) is 24.4. The van der Waals surface area contributed by atoms with E-state index in [-0.39, 0.29) is 6.61 Å². The van der Waals surface area contributed by atoms with Gasteiger partial charge >= 0.3 is 23.9 Å². The summed E-state index contributed by atoms with van der Waals surface area (Å²) >= 11 is 0. The van der Waals surface area contributed by atoms with Crippen LogP contribution in [-0.2, 0) is 47.6 Å². The van der Waals surface area contributed by atoms with Crippen molar-refractivity contribution in [2.45, 2.75) is 64.5 Å². The Morgan fingerprint density at radius 3 is 1.68 bits per heavy atom. The quantitative estimate of drug-likeness (QED) is 0.404. The highest BCUT2D eigenvalue weighted by atomic mass is 16.7. The largest absolute Gasteiger partial charge is 0.463 e. The van der Waals surface area contributed by atoms with Crippen molar-refractivity contribution in [1.29, 1.82) is 0 Å². The maximum Gasteiger partial charge on any atom is 0.303 e. The molecule has 10 nitrogen and oxygen atoms in total. The standard InChI is InChI=1S/C27H28O10/c1-14(28)32-13-22-24(33-15(2)29)25(34-16(3)30)26(35-17(4)31)27(36-22)37-23-20-11-7-5-9-18(20)19-10-6-8-12-21(19)23/h5-12,22-27H,13H2,1-4H3. The maximum atomic E-state index is 12.1. The van der Waals surface area contributed by atoms with Crippen molar-refractivity contribution in [2.75, 3.05) is 6.61 Å². The van der Waals surface area contributed by atoms with Gasteiger partial charge in [0.25, 0.3) is 0 Å². The Balaban J connectivity index is 1.74. The number of fused-ring (bicyclic) bond motifs is 3. The highest BCUT2D eigenvalue weighted by molar-refractivity contribution is 5.78. The molecule has 1 fully saturated rings. The van der Waals surface area contributed by atoms with Crippen molar-refractivity contribution < 1.29 is 47.6 Å². The third-order valence-electron chi connectivity index (χ3n) is 6.00. The van der Waals surface area contributed by atoms with Crippen LogP contribution in [0.2, 0.25) is 0 Å². The molecule has 5 unspecified atom stereocenters. The van der Waals surface area contributed by atoms with E-state index in [9.17, 15) is 19.2 Å². The number of carbonyl (C=O) groups is 4. The first-order chi connectivity index (χ1) is 17.7. The predicted molar refractivity (Wildman–Crippen MR) is 127 cm³/mol. The molecule has 0 radical (unpaired) electrons. The van der Waals surface area contributed by atoms with Gasteiger partial charge in [0, 0.05) is 27.7 Å². The highest BCUT2D eigenvalue weighted by Gasteiger charge is 2.53. The fourth-order valence-electron chi connectivity index (χ4n) is 4.69. The van der Waals surface area contributed by atoms with Gasteiger partial charge in [-0.15, -0.1) is 0 Å². The minimum Gasteiger partial charge on any atom is -0.463 e. The molecular formula is C27H28O10. The van der Waals surface area contributed by atoms with Crippen molar-refractivity contribution in [3.8, 4) is 11.1 Å². The van der Waals surface area contributed by atoms with E-state index < -0.39 is 60.7 Å². The van der Waals surface area contributed by atoms with Gasteiger partial charge < -0.3 is 28.4 Å². The van der Waals surface area contributed by atoms with Crippen molar-refractivity contribution in [1.82, 2.24) is 0 Å². The van der Waals surface area contributed by atoms with Crippen molar-refractivity contribution in [3.63, 3.8) is 0 Å². The molecule has 5 atom stereocenters.